The van der Waals surface area contributed by atoms with Gasteiger partial charge in [-0.2, -0.15) is 17.6 Å². The predicted octanol–water partition coefficient (Wildman–Crippen LogP) is 3.83. The smallest absolute Gasteiger partial charge is 0.415 e. The molecule has 1 saturated carbocycles. The first-order valence-electron chi connectivity index (χ1n) is 11.8. The van der Waals surface area contributed by atoms with Crippen LogP contribution in [0.3, 0.4) is 0 Å². The molecule has 0 aromatic carbocycles. The molecule has 0 saturated heterocycles. The highest BCUT2D eigenvalue weighted by Crippen LogP contribution is 2.68. The molecule has 4 aromatic rings. The fourth-order valence-electron chi connectivity index (χ4n) is 5.03. The van der Waals surface area contributed by atoms with E-state index < -0.39 is 34.4 Å². The Labute approximate surface area is 227 Å². The molecule has 1 aliphatic carbocycles. The second kappa shape index (κ2) is 9.26. The van der Waals surface area contributed by atoms with Crippen molar-refractivity contribution in [3.8, 4) is 5.75 Å². The number of halogens is 4. The minimum absolute atomic E-state index is 0.0585. The highest BCUT2D eigenvalue weighted by molar-refractivity contribution is 8.15. The Morgan fingerprint density at radius 1 is 1.23 bits per heavy atom. The van der Waals surface area contributed by atoms with Crippen LogP contribution in [-0.4, -0.2) is 52.2 Å². The number of hydrogen-bond donors (Lipinski definition) is 3. The van der Waals surface area contributed by atoms with E-state index >= 15 is 4.39 Å². The van der Waals surface area contributed by atoms with Crippen molar-refractivity contribution in [2.24, 2.45) is 16.6 Å². The molecule has 40 heavy (non-hydrogen) atoms. The standard InChI is InChI=1S/C24H20F4N8O3S/c1-22(15-6-23(15,40-21(29)36-22)20(37)24(26,27)28)13-4-11(7-32-18(13)25)35-19-17-14(33-10-34-19)5-12(8-31-17)39-9-16-30-2-3-38-16/h2-5,7-8,10,15,20,37H,6,9H2,1H3,(H2,29,36)(H,33,34,35)/t15-,20+,22+,23+/m0/s1. The highest BCUT2D eigenvalue weighted by atomic mass is 32.2. The highest BCUT2D eigenvalue weighted by Gasteiger charge is 2.74. The van der Waals surface area contributed by atoms with Gasteiger partial charge in [0.05, 0.1) is 40.1 Å². The molecule has 1 fully saturated rings. The molecule has 11 nitrogen and oxygen atoms in total. The number of nitrogens with zero attached hydrogens (tertiary/aromatic N) is 6. The van der Waals surface area contributed by atoms with Gasteiger partial charge in [-0.25, -0.2) is 24.9 Å². The van der Waals surface area contributed by atoms with E-state index in [1.807, 2.05) is 0 Å². The summed E-state index contributed by atoms with van der Waals surface area (Å²) in [6.45, 7) is 1.58. The second-order valence-corrected chi connectivity index (χ2v) is 10.9. The first-order valence-corrected chi connectivity index (χ1v) is 12.7. The SMILES string of the molecule is C[C@]1(c2cc(Nc3ncnc4cc(OCc5ncco5)cnc34)cnc2F)N=C(N)S[C@]2([C@@H](O)C(F)(F)F)C[C@H]21. The van der Waals surface area contributed by atoms with Crippen LogP contribution >= 0.6 is 11.8 Å². The van der Waals surface area contributed by atoms with Crippen molar-refractivity contribution >= 4 is 39.5 Å². The van der Waals surface area contributed by atoms with Gasteiger partial charge in [-0.15, -0.1) is 0 Å². The van der Waals surface area contributed by atoms with Crippen molar-refractivity contribution < 1.29 is 31.8 Å². The number of ether oxygens (including phenoxy) is 1. The third-order valence-corrected chi connectivity index (χ3v) is 8.34. The van der Waals surface area contributed by atoms with Crippen LogP contribution in [0.15, 0.2) is 52.7 Å². The van der Waals surface area contributed by atoms with E-state index in [0.717, 1.165) is 0 Å². The Morgan fingerprint density at radius 2 is 2.05 bits per heavy atom. The van der Waals surface area contributed by atoms with Crippen molar-refractivity contribution in [3.05, 3.63) is 60.7 Å². The summed E-state index contributed by atoms with van der Waals surface area (Å²) >= 11 is 0.668. The molecule has 2 aliphatic rings. The largest absolute Gasteiger partial charge is 0.482 e. The predicted molar refractivity (Wildman–Crippen MR) is 135 cm³/mol. The number of pyridine rings is 2. The normalized spacial score (nSPS) is 24.8. The lowest BCUT2D eigenvalue weighted by molar-refractivity contribution is -0.207. The van der Waals surface area contributed by atoms with Crippen molar-refractivity contribution in [1.82, 2.24) is 24.9 Å². The minimum atomic E-state index is -4.87. The maximum atomic E-state index is 15.1. The van der Waals surface area contributed by atoms with Gasteiger partial charge < -0.3 is 25.3 Å². The van der Waals surface area contributed by atoms with Crippen LogP contribution in [0.25, 0.3) is 11.0 Å². The molecule has 0 bridgehead atoms. The van der Waals surface area contributed by atoms with Crippen molar-refractivity contribution in [3.63, 3.8) is 0 Å². The van der Waals surface area contributed by atoms with Gasteiger partial charge in [-0.05, 0) is 19.4 Å². The van der Waals surface area contributed by atoms with Crippen LogP contribution < -0.4 is 15.8 Å². The number of nitrogens with two attached hydrogens (primary N) is 1. The summed E-state index contributed by atoms with van der Waals surface area (Å²) in [5, 5.41) is 13.0. The number of anilines is 2. The number of aliphatic hydroxyl groups excluding tert-OH is 1. The monoisotopic (exact) mass is 576 g/mol. The van der Waals surface area contributed by atoms with E-state index in [9.17, 15) is 18.3 Å². The number of fused-ring (bicyclic) bond motifs is 2. The van der Waals surface area contributed by atoms with Gasteiger partial charge in [0, 0.05) is 17.5 Å². The Balaban J connectivity index is 1.29. The summed E-state index contributed by atoms with van der Waals surface area (Å²) in [6.07, 6.45) is -0.684. The summed E-state index contributed by atoms with van der Waals surface area (Å²) < 4.78 is 64.6. The lowest BCUT2D eigenvalue weighted by atomic mass is 9.86. The molecule has 0 radical (unpaired) electrons. The van der Waals surface area contributed by atoms with Crippen LogP contribution in [0.4, 0.5) is 29.1 Å². The molecule has 0 amide bonds. The first kappa shape index (κ1) is 26.2. The molecular formula is C24H20F4N8O3S. The molecule has 0 unspecified atom stereocenters. The van der Waals surface area contributed by atoms with Gasteiger partial charge in [-0.3, -0.25) is 4.99 Å². The number of thioether (sulfide) groups is 1. The van der Waals surface area contributed by atoms with Crippen molar-refractivity contribution in [2.45, 2.75) is 42.5 Å². The third-order valence-electron chi connectivity index (χ3n) is 6.98. The Morgan fingerprint density at radius 3 is 2.80 bits per heavy atom. The van der Waals surface area contributed by atoms with Gasteiger partial charge in [-0.1, -0.05) is 11.8 Å². The fourth-order valence-corrected chi connectivity index (χ4v) is 6.52. The zero-order chi connectivity index (χ0) is 28.3. The molecule has 4 aromatic heterocycles. The van der Waals surface area contributed by atoms with Gasteiger partial charge in [0.15, 0.2) is 23.7 Å². The maximum absolute atomic E-state index is 15.1. The number of rotatable bonds is 7. The van der Waals surface area contributed by atoms with Gasteiger partial charge in [0.25, 0.3) is 0 Å². The number of nitrogens with one attached hydrogen (secondary N) is 1. The van der Waals surface area contributed by atoms with Crippen LogP contribution in [-0.2, 0) is 12.1 Å². The number of hydrogen-bond acceptors (Lipinski definition) is 12. The van der Waals surface area contributed by atoms with Crippen LogP contribution in [0.1, 0.15) is 24.8 Å². The number of amidine groups is 1. The lowest BCUT2D eigenvalue weighted by Crippen LogP contribution is -2.47. The third kappa shape index (κ3) is 4.46. The molecule has 6 rings (SSSR count). The van der Waals surface area contributed by atoms with Gasteiger partial charge in [0.1, 0.15) is 23.9 Å². The Kier molecular flexibility index (Phi) is 6.06. The minimum Gasteiger partial charge on any atom is -0.482 e. The van der Waals surface area contributed by atoms with Gasteiger partial charge >= 0.3 is 6.18 Å². The molecule has 1 aliphatic heterocycles. The topological polar surface area (TPSA) is 157 Å². The quantitative estimate of drug-likeness (QED) is 0.217. The number of oxazole rings is 1. The average Bonchev–Trinajstić information content (AvgIpc) is 3.42. The van der Waals surface area contributed by atoms with E-state index in [0.29, 0.717) is 34.4 Å². The number of aromatic nitrogens is 5. The van der Waals surface area contributed by atoms with Crippen LogP contribution in [0, 0.1) is 11.9 Å². The maximum Gasteiger partial charge on any atom is 0.415 e. The fraction of sp³-hybridized carbons (Fsp3) is 0.333. The van der Waals surface area contributed by atoms with Crippen molar-refractivity contribution in [1.29, 1.82) is 0 Å². The second-order valence-electron chi connectivity index (χ2n) is 9.52. The van der Waals surface area contributed by atoms with E-state index in [1.165, 1.54) is 44.2 Å². The molecule has 4 atom stereocenters. The average molecular weight is 577 g/mol. The van der Waals surface area contributed by atoms with Crippen molar-refractivity contribution in [2.75, 3.05) is 5.32 Å². The first-order chi connectivity index (χ1) is 19.0. The summed E-state index contributed by atoms with van der Waals surface area (Å²) in [5.41, 5.74) is 5.41. The molecule has 208 valence electrons. The zero-order valence-electron chi connectivity index (χ0n) is 20.6. The molecule has 0 spiro atoms. The van der Waals surface area contributed by atoms with Crippen LogP contribution in [0.2, 0.25) is 0 Å². The van der Waals surface area contributed by atoms with Gasteiger partial charge in [0.2, 0.25) is 11.8 Å². The van der Waals surface area contributed by atoms with E-state index in [2.05, 4.69) is 35.2 Å². The Bertz CT molecular complexity index is 1620. The summed E-state index contributed by atoms with van der Waals surface area (Å²) in [5.74, 6) is -0.690. The summed E-state index contributed by atoms with van der Waals surface area (Å²) in [7, 11) is 0. The number of aliphatic hydroxyl groups is 1. The Hall–Kier alpha value is -4.05. The van der Waals surface area contributed by atoms with E-state index in [1.54, 1.807) is 6.07 Å². The molecule has 16 heteroatoms. The number of aliphatic imine (C=N–C) groups is 1. The molecule has 4 N–H and O–H groups in total. The summed E-state index contributed by atoms with van der Waals surface area (Å²) in [4.78, 5) is 24.9. The van der Waals surface area contributed by atoms with E-state index in [-0.39, 0.29) is 35.3 Å². The van der Waals surface area contributed by atoms with Crippen LogP contribution in [0.5, 0.6) is 5.75 Å². The summed E-state index contributed by atoms with van der Waals surface area (Å²) in [6, 6.07) is 3.03. The lowest BCUT2D eigenvalue weighted by Gasteiger charge is -2.36. The molecule has 5 heterocycles. The number of alkyl halides is 3. The molecular weight excluding hydrogens is 556 g/mol. The van der Waals surface area contributed by atoms with E-state index in [4.69, 9.17) is 14.9 Å². The zero-order valence-corrected chi connectivity index (χ0v) is 21.4.